The second-order valence-corrected chi connectivity index (χ2v) is 4.65. The van der Waals surface area contributed by atoms with Crippen molar-refractivity contribution in [1.82, 2.24) is 10.6 Å². The van der Waals surface area contributed by atoms with E-state index in [-0.39, 0.29) is 25.3 Å². The molecule has 6 heteroatoms. The molecule has 3 N–H and O–H groups in total. The maximum absolute atomic E-state index is 11.6. The van der Waals surface area contributed by atoms with E-state index < -0.39 is 6.10 Å². The zero-order valence-corrected chi connectivity index (χ0v) is 11.7. The standard InChI is InChI=1S/C14H20N2O4/c1-3-15-14(18)9(2)16-7-11(17)10-4-5-12-13(6-10)20-8-19-12/h4-6,9,11,16-17H,3,7-8H2,1-2H3,(H,15,18). The summed E-state index contributed by atoms with van der Waals surface area (Å²) in [6, 6.07) is 4.97. The van der Waals surface area contributed by atoms with Crippen molar-refractivity contribution in [1.29, 1.82) is 0 Å². The molecule has 0 fully saturated rings. The number of carbonyl (C=O) groups excluding carboxylic acids is 1. The third-order valence-corrected chi connectivity index (χ3v) is 3.14. The van der Waals surface area contributed by atoms with Gasteiger partial charge in [0.05, 0.1) is 12.1 Å². The fourth-order valence-electron chi connectivity index (χ4n) is 1.95. The van der Waals surface area contributed by atoms with Crippen LogP contribution < -0.4 is 20.1 Å². The molecule has 20 heavy (non-hydrogen) atoms. The molecule has 0 saturated heterocycles. The number of benzene rings is 1. The van der Waals surface area contributed by atoms with Crippen LogP contribution in [0.1, 0.15) is 25.5 Å². The van der Waals surface area contributed by atoms with Crippen LogP contribution >= 0.6 is 0 Å². The molecule has 0 saturated carbocycles. The molecule has 1 amide bonds. The Labute approximate surface area is 118 Å². The topological polar surface area (TPSA) is 79.8 Å². The van der Waals surface area contributed by atoms with Gasteiger partial charge < -0.3 is 25.2 Å². The second-order valence-electron chi connectivity index (χ2n) is 4.65. The molecule has 0 radical (unpaired) electrons. The van der Waals surface area contributed by atoms with E-state index in [1.807, 2.05) is 6.92 Å². The van der Waals surface area contributed by atoms with Crippen molar-refractivity contribution in [3.63, 3.8) is 0 Å². The molecular weight excluding hydrogens is 260 g/mol. The molecule has 0 bridgehead atoms. The minimum atomic E-state index is -0.707. The first-order valence-corrected chi connectivity index (χ1v) is 6.70. The van der Waals surface area contributed by atoms with Gasteiger partial charge in [0.1, 0.15) is 0 Å². The molecule has 110 valence electrons. The molecule has 1 aromatic carbocycles. The van der Waals surface area contributed by atoms with Crippen molar-refractivity contribution in [3.8, 4) is 11.5 Å². The quantitative estimate of drug-likeness (QED) is 0.709. The van der Waals surface area contributed by atoms with Gasteiger partial charge in [-0.15, -0.1) is 0 Å². The van der Waals surface area contributed by atoms with E-state index >= 15 is 0 Å². The molecule has 1 heterocycles. The van der Waals surface area contributed by atoms with Crippen LogP contribution in [0.3, 0.4) is 0 Å². The molecule has 6 nitrogen and oxygen atoms in total. The Morgan fingerprint density at radius 3 is 2.90 bits per heavy atom. The summed E-state index contributed by atoms with van der Waals surface area (Å²) < 4.78 is 10.5. The lowest BCUT2D eigenvalue weighted by Gasteiger charge is -2.17. The number of aliphatic hydroxyl groups excluding tert-OH is 1. The molecule has 0 spiro atoms. The van der Waals surface area contributed by atoms with Crippen molar-refractivity contribution >= 4 is 5.91 Å². The van der Waals surface area contributed by atoms with Crippen molar-refractivity contribution in [2.75, 3.05) is 19.9 Å². The van der Waals surface area contributed by atoms with E-state index in [1.165, 1.54) is 0 Å². The van der Waals surface area contributed by atoms with Crippen molar-refractivity contribution < 1.29 is 19.4 Å². The Hall–Kier alpha value is -1.79. The highest BCUT2D eigenvalue weighted by Crippen LogP contribution is 2.34. The fourth-order valence-corrected chi connectivity index (χ4v) is 1.95. The SMILES string of the molecule is CCNC(=O)C(C)NCC(O)c1ccc2c(c1)OCO2. The van der Waals surface area contributed by atoms with E-state index in [0.29, 0.717) is 18.0 Å². The number of carbonyl (C=O) groups is 1. The van der Waals surface area contributed by atoms with Crippen LogP contribution in [0.2, 0.25) is 0 Å². The first-order chi connectivity index (χ1) is 9.61. The van der Waals surface area contributed by atoms with Crippen molar-refractivity contribution in [2.24, 2.45) is 0 Å². The van der Waals surface area contributed by atoms with Crippen LogP contribution in [0.5, 0.6) is 11.5 Å². The Bertz CT molecular complexity index is 478. The van der Waals surface area contributed by atoms with E-state index in [1.54, 1.807) is 25.1 Å². The van der Waals surface area contributed by atoms with Gasteiger partial charge in [-0.3, -0.25) is 4.79 Å². The number of nitrogens with one attached hydrogen (secondary N) is 2. The molecule has 1 aromatic rings. The predicted octanol–water partition coefficient (Wildman–Crippen LogP) is 0.563. The summed E-state index contributed by atoms with van der Waals surface area (Å²) >= 11 is 0. The lowest BCUT2D eigenvalue weighted by molar-refractivity contribution is -0.122. The third kappa shape index (κ3) is 3.40. The third-order valence-electron chi connectivity index (χ3n) is 3.14. The summed E-state index contributed by atoms with van der Waals surface area (Å²) in [5.41, 5.74) is 0.727. The maximum Gasteiger partial charge on any atom is 0.236 e. The molecule has 2 unspecified atom stereocenters. The summed E-state index contributed by atoms with van der Waals surface area (Å²) in [5, 5.41) is 15.8. The van der Waals surface area contributed by atoms with Crippen LogP contribution in [0.25, 0.3) is 0 Å². The lowest BCUT2D eigenvalue weighted by atomic mass is 10.1. The monoisotopic (exact) mass is 280 g/mol. The summed E-state index contributed by atoms with van der Waals surface area (Å²) in [5.74, 6) is 1.24. The Balaban J connectivity index is 1.88. The summed E-state index contributed by atoms with van der Waals surface area (Å²) in [4.78, 5) is 11.6. The van der Waals surface area contributed by atoms with Crippen molar-refractivity contribution in [3.05, 3.63) is 23.8 Å². The molecule has 2 atom stereocenters. The fraction of sp³-hybridized carbons (Fsp3) is 0.500. The highest BCUT2D eigenvalue weighted by atomic mass is 16.7. The molecule has 2 rings (SSSR count). The number of rotatable bonds is 6. The zero-order chi connectivity index (χ0) is 14.5. The molecule has 1 aliphatic heterocycles. The number of ether oxygens (including phenoxy) is 2. The van der Waals surface area contributed by atoms with Crippen molar-refractivity contribution in [2.45, 2.75) is 26.0 Å². The van der Waals surface area contributed by atoms with E-state index in [0.717, 1.165) is 5.56 Å². The van der Waals surface area contributed by atoms with Crippen LogP contribution in [0.15, 0.2) is 18.2 Å². The van der Waals surface area contributed by atoms with Crippen LogP contribution in [0.4, 0.5) is 0 Å². The minimum absolute atomic E-state index is 0.0783. The largest absolute Gasteiger partial charge is 0.454 e. The molecular formula is C14H20N2O4. The van der Waals surface area contributed by atoms with Gasteiger partial charge >= 0.3 is 0 Å². The Morgan fingerprint density at radius 2 is 2.15 bits per heavy atom. The Morgan fingerprint density at radius 1 is 1.40 bits per heavy atom. The highest BCUT2D eigenvalue weighted by Gasteiger charge is 2.18. The van der Waals surface area contributed by atoms with Gasteiger partial charge in [-0.25, -0.2) is 0 Å². The predicted molar refractivity (Wildman–Crippen MR) is 73.7 cm³/mol. The highest BCUT2D eigenvalue weighted by molar-refractivity contribution is 5.81. The van der Waals surface area contributed by atoms with Gasteiger partial charge in [0.25, 0.3) is 0 Å². The number of aliphatic hydroxyl groups is 1. The zero-order valence-electron chi connectivity index (χ0n) is 11.7. The summed E-state index contributed by atoms with van der Waals surface area (Å²) in [6.45, 7) is 4.72. The van der Waals surface area contributed by atoms with E-state index in [4.69, 9.17) is 9.47 Å². The van der Waals surface area contributed by atoms with E-state index in [9.17, 15) is 9.90 Å². The number of fused-ring (bicyclic) bond motifs is 1. The van der Waals surface area contributed by atoms with Gasteiger partial charge in [-0.1, -0.05) is 6.07 Å². The molecule has 0 aromatic heterocycles. The van der Waals surface area contributed by atoms with Gasteiger partial charge in [-0.05, 0) is 31.5 Å². The average Bonchev–Trinajstić information content (AvgIpc) is 2.91. The first-order valence-electron chi connectivity index (χ1n) is 6.70. The summed E-state index contributed by atoms with van der Waals surface area (Å²) in [7, 11) is 0. The van der Waals surface area contributed by atoms with Gasteiger partial charge in [0, 0.05) is 13.1 Å². The number of likely N-dealkylation sites (N-methyl/N-ethyl adjacent to an activating group) is 1. The van der Waals surface area contributed by atoms with Gasteiger partial charge in [0.15, 0.2) is 11.5 Å². The number of amides is 1. The lowest BCUT2D eigenvalue weighted by Crippen LogP contribution is -2.43. The normalized spacial score (nSPS) is 15.8. The van der Waals surface area contributed by atoms with Gasteiger partial charge in [-0.2, -0.15) is 0 Å². The van der Waals surface area contributed by atoms with Crippen LogP contribution in [-0.2, 0) is 4.79 Å². The maximum atomic E-state index is 11.6. The smallest absolute Gasteiger partial charge is 0.236 e. The van der Waals surface area contributed by atoms with Crippen LogP contribution in [0, 0.1) is 0 Å². The Kier molecular flexibility index (Phi) is 4.81. The summed E-state index contributed by atoms with van der Waals surface area (Å²) in [6.07, 6.45) is -0.707. The average molecular weight is 280 g/mol. The van der Waals surface area contributed by atoms with Crippen LogP contribution in [-0.4, -0.2) is 36.9 Å². The number of hydrogen-bond acceptors (Lipinski definition) is 5. The second kappa shape index (κ2) is 6.58. The minimum Gasteiger partial charge on any atom is -0.454 e. The molecule has 0 aliphatic carbocycles. The van der Waals surface area contributed by atoms with Gasteiger partial charge in [0.2, 0.25) is 12.7 Å². The molecule has 1 aliphatic rings. The van der Waals surface area contributed by atoms with E-state index in [2.05, 4.69) is 10.6 Å². The number of hydrogen-bond donors (Lipinski definition) is 3. The first kappa shape index (κ1) is 14.6.